The monoisotopic (exact) mass is 401 g/mol. The van der Waals surface area contributed by atoms with Crippen LogP contribution in [0.2, 0.25) is 5.02 Å². The van der Waals surface area contributed by atoms with Crippen molar-refractivity contribution in [3.63, 3.8) is 0 Å². The molecular formula is C20H20ClN3O2S. The maximum Gasteiger partial charge on any atom is 0.258 e. The van der Waals surface area contributed by atoms with E-state index in [1.165, 1.54) is 22.2 Å². The lowest BCUT2D eigenvalue weighted by Crippen LogP contribution is -2.27. The molecule has 1 N–H and O–H groups in total. The molecule has 0 radical (unpaired) electrons. The van der Waals surface area contributed by atoms with Gasteiger partial charge in [0, 0.05) is 29.6 Å². The largest absolute Gasteiger partial charge is 0.355 e. The van der Waals surface area contributed by atoms with Gasteiger partial charge in [-0.05, 0) is 42.7 Å². The van der Waals surface area contributed by atoms with Gasteiger partial charge in [0.2, 0.25) is 5.91 Å². The molecule has 1 aromatic carbocycles. The summed E-state index contributed by atoms with van der Waals surface area (Å²) in [4.78, 5) is 28.6. The second-order valence-electron chi connectivity index (χ2n) is 6.24. The van der Waals surface area contributed by atoms with Crippen molar-refractivity contribution in [2.24, 2.45) is 0 Å². The number of hydrogen-bond donors (Lipinski definition) is 1. The quantitative estimate of drug-likeness (QED) is 0.660. The van der Waals surface area contributed by atoms with Crippen molar-refractivity contribution in [2.45, 2.75) is 19.1 Å². The highest BCUT2D eigenvalue weighted by molar-refractivity contribution is 7.99. The zero-order valence-corrected chi connectivity index (χ0v) is 16.5. The molecule has 7 heteroatoms. The fourth-order valence-corrected chi connectivity index (χ4v) is 3.50. The van der Waals surface area contributed by atoms with Crippen molar-refractivity contribution in [3.05, 3.63) is 80.9 Å². The summed E-state index contributed by atoms with van der Waals surface area (Å²) in [7, 11) is 0. The fourth-order valence-electron chi connectivity index (χ4n) is 2.63. The number of rotatable bonds is 7. The molecule has 140 valence electrons. The number of aromatic nitrogens is 2. The first-order valence-corrected chi connectivity index (χ1v) is 10.1. The van der Waals surface area contributed by atoms with Crippen LogP contribution < -0.4 is 10.9 Å². The Bertz CT molecular complexity index is 1000. The molecule has 0 aliphatic carbocycles. The summed E-state index contributed by atoms with van der Waals surface area (Å²) in [5.74, 6) is 0.821. The van der Waals surface area contributed by atoms with Gasteiger partial charge in [-0.15, -0.1) is 11.8 Å². The number of carbonyl (C=O) groups excluding carboxylic acids is 1. The molecular weight excluding hydrogens is 382 g/mol. The Morgan fingerprint density at radius 1 is 1.22 bits per heavy atom. The Balaban J connectivity index is 1.45. The maximum absolute atomic E-state index is 12.2. The number of halogens is 1. The fraction of sp³-hybridized carbons (Fsp3) is 0.250. The number of benzene rings is 1. The third-order valence-corrected chi connectivity index (χ3v) is 5.21. The lowest BCUT2D eigenvalue weighted by Gasteiger charge is -2.07. The van der Waals surface area contributed by atoms with Gasteiger partial charge in [0.05, 0.1) is 11.4 Å². The molecule has 0 aliphatic heterocycles. The van der Waals surface area contributed by atoms with E-state index in [1.54, 1.807) is 6.20 Å². The number of aryl methyl sites for hydroxylation is 1. The van der Waals surface area contributed by atoms with E-state index in [9.17, 15) is 9.59 Å². The molecule has 5 nitrogen and oxygen atoms in total. The Morgan fingerprint density at radius 2 is 2.00 bits per heavy atom. The molecule has 0 aliphatic rings. The van der Waals surface area contributed by atoms with Crippen LogP contribution >= 0.6 is 23.4 Å². The van der Waals surface area contributed by atoms with E-state index in [0.29, 0.717) is 34.4 Å². The molecule has 2 aromatic heterocycles. The average Bonchev–Trinajstić information content (AvgIpc) is 2.64. The molecule has 2 heterocycles. The minimum absolute atomic E-state index is 0.0258. The average molecular weight is 402 g/mol. The van der Waals surface area contributed by atoms with Gasteiger partial charge in [0.15, 0.2) is 0 Å². The third kappa shape index (κ3) is 5.58. The molecule has 0 spiro atoms. The van der Waals surface area contributed by atoms with E-state index in [0.717, 1.165) is 17.5 Å². The zero-order chi connectivity index (χ0) is 19.2. The summed E-state index contributed by atoms with van der Waals surface area (Å²) in [6.07, 6.45) is 2.53. The molecule has 0 atom stereocenters. The number of pyridine rings is 1. The highest BCUT2D eigenvalue weighted by Crippen LogP contribution is 2.11. The molecule has 0 saturated heterocycles. The van der Waals surface area contributed by atoms with Crippen molar-refractivity contribution in [1.82, 2.24) is 14.7 Å². The van der Waals surface area contributed by atoms with Gasteiger partial charge in [0.25, 0.3) is 5.56 Å². The van der Waals surface area contributed by atoms with Gasteiger partial charge >= 0.3 is 0 Å². The van der Waals surface area contributed by atoms with Crippen LogP contribution in [0.1, 0.15) is 16.8 Å². The van der Waals surface area contributed by atoms with Gasteiger partial charge in [-0.2, -0.15) is 0 Å². The lowest BCUT2D eigenvalue weighted by atomic mass is 10.1. The number of nitrogens with zero attached hydrogens (tertiary/aromatic N) is 2. The number of thioether (sulfide) groups is 1. The second-order valence-corrected chi connectivity index (χ2v) is 7.66. The summed E-state index contributed by atoms with van der Waals surface area (Å²) in [5, 5.41) is 3.61. The number of amides is 1. The smallest absolute Gasteiger partial charge is 0.258 e. The Kier molecular flexibility index (Phi) is 6.53. The van der Waals surface area contributed by atoms with Crippen LogP contribution in [-0.2, 0) is 17.0 Å². The first-order chi connectivity index (χ1) is 13.0. The van der Waals surface area contributed by atoms with Gasteiger partial charge in [-0.1, -0.05) is 29.8 Å². The lowest BCUT2D eigenvalue weighted by molar-refractivity contribution is -0.118. The number of fused-ring (bicyclic) bond motifs is 1. The van der Waals surface area contributed by atoms with E-state index in [4.69, 9.17) is 11.6 Å². The number of nitrogens with one attached hydrogen (secondary N) is 1. The Morgan fingerprint density at radius 3 is 2.78 bits per heavy atom. The predicted molar refractivity (Wildman–Crippen MR) is 111 cm³/mol. The van der Waals surface area contributed by atoms with Crippen molar-refractivity contribution in [3.8, 4) is 0 Å². The van der Waals surface area contributed by atoms with Crippen LogP contribution in [0.5, 0.6) is 0 Å². The number of hydrogen-bond acceptors (Lipinski definition) is 4. The molecule has 3 aromatic rings. The van der Waals surface area contributed by atoms with Crippen LogP contribution in [0.15, 0.2) is 53.5 Å². The molecule has 0 fully saturated rings. The summed E-state index contributed by atoms with van der Waals surface area (Å²) in [6, 6.07) is 12.9. The zero-order valence-electron chi connectivity index (χ0n) is 14.9. The molecule has 1 amide bonds. The maximum atomic E-state index is 12.2. The van der Waals surface area contributed by atoms with Crippen molar-refractivity contribution in [1.29, 1.82) is 0 Å². The second kappa shape index (κ2) is 9.06. The Labute approximate surface area is 166 Å². The van der Waals surface area contributed by atoms with E-state index < -0.39 is 0 Å². The normalized spacial score (nSPS) is 10.9. The van der Waals surface area contributed by atoms with Crippen molar-refractivity contribution >= 4 is 34.9 Å². The van der Waals surface area contributed by atoms with Crippen molar-refractivity contribution < 1.29 is 4.79 Å². The molecule has 27 heavy (non-hydrogen) atoms. The topological polar surface area (TPSA) is 63.5 Å². The molecule has 3 rings (SSSR count). The van der Waals surface area contributed by atoms with Crippen LogP contribution in [0.3, 0.4) is 0 Å². The van der Waals surface area contributed by atoms with Crippen LogP contribution in [0.25, 0.3) is 5.65 Å². The first-order valence-electron chi connectivity index (χ1n) is 8.59. The highest BCUT2D eigenvalue weighted by atomic mass is 35.5. The van der Waals surface area contributed by atoms with E-state index in [1.807, 2.05) is 43.3 Å². The summed E-state index contributed by atoms with van der Waals surface area (Å²) < 4.78 is 1.53. The predicted octanol–water partition coefficient (Wildman–Crippen LogP) is 3.25. The molecule has 0 unspecified atom stereocenters. The highest BCUT2D eigenvalue weighted by Gasteiger charge is 2.06. The SMILES string of the molecule is Cc1ccc2nc(CSCC(=O)NCCc3ccc(Cl)cc3)cc(=O)n2c1. The standard InChI is InChI=1S/C20H20ClN3O2S/c1-14-2-7-18-23-17(10-20(26)24(18)11-14)12-27-13-19(25)22-9-8-15-3-5-16(21)6-4-15/h2-7,10-11H,8-9,12-13H2,1H3,(H,22,25). The van der Waals surface area contributed by atoms with Gasteiger partial charge in [-0.3, -0.25) is 14.0 Å². The van der Waals surface area contributed by atoms with E-state index >= 15 is 0 Å². The minimum atomic E-state index is -0.105. The van der Waals surface area contributed by atoms with Crippen molar-refractivity contribution in [2.75, 3.05) is 12.3 Å². The molecule has 0 bridgehead atoms. The molecule has 0 saturated carbocycles. The van der Waals surface area contributed by atoms with E-state index in [-0.39, 0.29) is 11.5 Å². The Hall–Kier alpha value is -2.31. The summed E-state index contributed by atoms with van der Waals surface area (Å²) in [6.45, 7) is 2.51. The minimum Gasteiger partial charge on any atom is -0.355 e. The van der Waals surface area contributed by atoms with Gasteiger partial charge < -0.3 is 5.32 Å². The third-order valence-electron chi connectivity index (χ3n) is 3.99. The van der Waals surface area contributed by atoms with Gasteiger partial charge in [0.1, 0.15) is 5.65 Å². The summed E-state index contributed by atoms with van der Waals surface area (Å²) in [5.41, 5.74) is 3.33. The first kappa shape index (κ1) is 19.5. The van der Waals surface area contributed by atoms with Crippen LogP contribution in [0, 0.1) is 6.92 Å². The van der Waals surface area contributed by atoms with Crippen LogP contribution in [-0.4, -0.2) is 27.6 Å². The number of carbonyl (C=O) groups is 1. The van der Waals surface area contributed by atoms with E-state index in [2.05, 4.69) is 10.3 Å². The summed E-state index contributed by atoms with van der Waals surface area (Å²) >= 11 is 7.30. The van der Waals surface area contributed by atoms with Gasteiger partial charge in [-0.25, -0.2) is 4.98 Å². The van der Waals surface area contributed by atoms with Crippen LogP contribution in [0.4, 0.5) is 0 Å².